The number of piperidine rings is 1. The Labute approximate surface area is 181 Å². The number of amides is 1. The first-order valence-corrected chi connectivity index (χ1v) is 11.4. The molecule has 0 unspecified atom stereocenters. The number of nitrogens with one attached hydrogen (secondary N) is 1. The first kappa shape index (κ1) is 21.2. The van der Waals surface area contributed by atoms with E-state index in [-0.39, 0.29) is 29.7 Å². The molecular formula is C22H23N3O5S. The number of hydrogen-bond donors (Lipinski definition) is 1. The molecule has 4 rings (SSSR count). The summed E-state index contributed by atoms with van der Waals surface area (Å²) in [6.45, 7) is 1.90. The highest BCUT2D eigenvalue weighted by molar-refractivity contribution is 7.89. The molecule has 0 aromatic heterocycles. The second-order valence-electron chi connectivity index (χ2n) is 7.66. The van der Waals surface area contributed by atoms with Crippen LogP contribution in [0.25, 0.3) is 0 Å². The van der Waals surface area contributed by atoms with Crippen LogP contribution in [0.3, 0.4) is 0 Å². The van der Waals surface area contributed by atoms with E-state index in [1.54, 1.807) is 31.4 Å². The maximum Gasteiger partial charge on any atom is 0.272 e. The molecule has 0 bridgehead atoms. The minimum absolute atomic E-state index is 0.119. The molecule has 1 saturated heterocycles. The van der Waals surface area contributed by atoms with E-state index in [0.29, 0.717) is 35.4 Å². The predicted molar refractivity (Wildman–Crippen MR) is 115 cm³/mol. The number of carbonyl (C=O) groups is 2. The third-order valence-electron chi connectivity index (χ3n) is 5.70. The van der Waals surface area contributed by atoms with Crippen molar-refractivity contribution in [3.8, 4) is 5.75 Å². The van der Waals surface area contributed by atoms with E-state index in [4.69, 9.17) is 4.74 Å². The van der Waals surface area contributed by atoms with Crippen LogP contribution in [0.1, 0.15) is 35.7 Å². The number of ketones is 1. The van der Waals surface area contributed by atoms with E-state index in [0.717, 1.165) is 0 Å². The van der Waals surface area contributed by atoms with Crippen LogP contribution in [0.15, 0.2) is 58.4 Å². The molecule has 0 atom stereocenters. The molecule has 9 heteroatoms. The van der Waals surface area contributed by atoms with Gasteiger partial charge in [0.1, 0.15) is 17.1 Å². The van der Waals surface area contributed by atoms with Crippen molar-refractivity contribution in [3.05, 3.63) is 59.7 Å². The van der Waals surface area contributed by atoms with Crippen molar-refractivity contribution in [2.24, 2.45) is 4.99 Å². The normalized spacial score (nSPS) is 18.5. The van der Waals surface area contributed by atoms with Crippen LogP contribution in [0.5, 0.6) is 5.75 Å². The summed E-state index contributed by atoms with van der Waals surface area (Å²) in [7, 11) is -2.12. The summed E-state index contributed by atoms with van der Waals surface area (Å²) >= 11 is 0. The minimum atomic E-state index is -3.69. The zero-order valence-electron chi connectivity index (χ0n) is 17.3. The summed E-state index contributed by atoms with van der Waals surface area (Å²) in [5.74, 6) is 0.306. The molecule has 1 amide bonds. The van der Waals surface area contributed by atoms with Crippen LogP contribution in [0, 0.1) is 0 Å². The van der Waals surface area contributed by atoms with E-state index in [9.17, 15) is 18.0 Å². The average molecular weight is 442 g/mol. The van der Waals surface area contributed by atoms with Gasteiger partial charge in [-0.25, -0.2) is 8.42 Å². The van der Waals surface area contributed by atoms with Gasteiger partial charge < -0.3 is 10.1 Å². The molecule has 0 radical (unpaired) electrons. The second-order valence-corrected chi connectivity index (χ2v) is 9.60. The van der Waals surface area contributed by atoms with Gasteiger partial charge in [0.15, 0.2) is 5.78 Å². The number of nitrogens with zero attached hydrogens (tertiary/aromatic N) is 2. The van der Waals surface area contributed by atoms with Gasteiger partial charge in [0.05, 0.1) is 12.0 Å². The lowest BCUT2D eigenvalue weighted by atomic mass is 10.00. The Morgan fingerprint density at radius 3 is 2.23 bits per heavy atom. The predicted octanol–water partition coefficient (Wildman–Crippen LogP) is 2.00. The van der Waals surface area contributed by atoms with Crippen molar-refractivity contribution in [2.45, 2.75) is 30.3 Å². The minimum Gasteiger partial charge on any atom is -0.497 e. The van der Waals surface area contributed by atoms with Crippen molar-refractivity contribution in [1.29, 1.82) is 0 Å². The molecular weight excluding hydrogens is 418 g/mol. The van der Waals surface area contributed by atoms with Crippen LogP contribution >= 0.6 is 0 Å². The number of rotatable bonds is 5. The van der Waals surface area contributed by atoms with Gasteiger partial charge in [-0.05, 0) is 43.3 Å². The van der Waals surface area contributed by atoms with Gasteiger partial charge in [-0.15, -0.1) is 0 Å². The fraction of sp³-hybridized carbons (Fsp3) is 0.318. The number of benzene rings is 2. The van der Waals surface area contributed by atoms with Gasteiger partial charge in [0.2, 0.25) is 10.0 Å². The molecule has 1 spiro atoms. The van der Waals surface area contributed by atoms with Gasteiger partial charge in [-0.2, -0.15) is 4.31 Å². The Hall–Kier alpha value is -3.04. The van der Waals surface area contributed by atoms with Gasteiger partial charge >= 0.3 is 0 Å². The van der Waals surface area contributed by atoms with E-state index < -0.39 is 15.7 Å². The Balaban J connectivity index is 1.50. The number of hydrogen-bond acceptors (Lipinski definition) is 6. The second kappa shape index (κ2) is 7.90. The van der Waals surface area contributed by atoms with Crippen LogP contribution in [-0.4, -0.2) is 56.0 Å². The molecule has 162 valence electrons. The number of carbonyl (C=O) groups excluding carboxylic acids is 2. The number of ether oxygens (including phenoxy) is 1. The van der Waals surface area contributed by atoms with Crippen LogP contribution in [0.2, 0.25) is 0 Å². The lowest BCUT2D eigenvalue weighted by molar-refractivity contribution is -0.115. The average Bonchev–Trinajstić information content (AvgIpc) is 3.09. The van der Waals surface area contributed by atoms with Gasteiger partial charge in [0.25, 0.3) is 5.91 Å². The summed E-state index contributed by atoms with van der Waals surface area (Å²) in [6.07, 6.45) is 0.756. The van der Waals surface area contributed by atoms with Gasteiger partial charge in [-0.3, -0.25) is 14.6 Å². The summed E-state index contributed by atoms with van der Waals surface area (Å²) in [5.41, 5.74) is 0.705. The van der Waals surface area contributed by atoms with Crippen LogP contribution in [0.4, 0.5) is 0 Å². The molecule has 2 aliphatic rings. The smallest absolute Gasteiger partial charge is 0.272 e. The molecule has 1 fully saturated rings. The number of sulfonamides is 1. The molecule has 1 N–H and O–H groups in total. The quantitative estimate of drug-likeness (QED) is 0.715. The Morgan fingerprint density at radius 2 is 1.68 bits per heavy atom. The lowest BCUT2D eigenvalue weighted by Crippen LogP contribution is -2.52. The third-order valence-corrected chi connectivity index (χ3v) is 7.61. The lowest BCUT2D eigenvalue weighted by Gasteiger charge is -2.36. The summed E-state index contributed by atoms with van der Waals surface area (Å²) < 4.78 is 32.5. The molecule has 2 aromatic rings. The Bertz CT molecular complexity index is 1150. The van der Waals surface area contributed by atoms with Crippen molar-refractivity contribution in [1.82, 2.24) is 9.62 Å². The Morgan fingerprint density at radius 1 is 1.06 bits per heavy atom. The zero-order valence-corrected chi connectivity index (χ0v) is 18.1. The number of Topliss-reactive ketones (excluding diaryl/α,β-unsaturated/α-hetero) is 1. The largest absolute Gasteiger partial charge is 0.497 e. The SMILES string of the molecule is COc1ccc(C2=NC3(CCN(S(=O)(=O)c4ccc(C(C)=O)cc4)CC3)NC2=O)cc1. The highest BCUT2D eigenvalue weighted by Crippen LogP contribution is 2.31. The Kier molecular flexibility index (Phi) is 5.40. The van der Waals surface area contributed by atoms with Crippen molar-refractivity contribution in [3.63, 3.8) is 0 Å². The van der Waals surface area contributed by atoms with E-state index in [2.05, 4.69) is 10.3 Å². The molecule has 2 heterocycles. The van der Waals surface area contributed by atoms with Crippen molar-refractivity contribution in [2.75, 3.05) is 20.2 Å². The van der Waals surface area contributed by atoms with Gasteiger partial charge in [-0.1, -0.05) is 12.1 Å². The van der Waals surface area contributed by atoms with Crippen LogP contribution in [-0.2, 0) is 14.8 Å². The highest BCUT2D eigenvalue weighted by Gasteiger charge is 2.44. The fourth-order valence-corrected chi connectivity index (χ4v) is 5.29. The van der Waals surface area contributed by atoms with E-state index in [1.165, 1.54) is 35.5 Å². The highest BCUT2D eigenvalue weighted by atomic mass is 32.2. The zero-order chi connectivity index (χ0) is 22.2. The standard InChI is InChI=1S/C22H23N3O5S/c1-15(26)16-5-9-19(10-6-16)31(28,29)25-13-11-22(12-14-25)23-20(21(27)24-22)17-3-7-18(30-2)8-4-17/h3-10H,11-14H2,1-2H3,(H,24,27). The number of aliphatic imine (C=N–C) groups is 1. The molecule has 2 aliphatic heterocycles. The van der Waals surface area contributed by atoms with Crippen molar-refractivity contribution >= 4 is 27.4 Å². The monoisotopic (exact) mass is 441 g/mol. The fourth-order valence-electron chi connectivity index (χ4n) is 3.85. The molecule has 0 aliphatic carbocycles. The first-order valence-electron chi connectivity index (χ1n) is 9.92. The molecule has 0 saturated carbocycles. The summed E-state index contributed by atoms with van der Waals surface area (Å²) in [4.78, 5) is 28.8. The topological polar surface area (TPSA) is 105 Å². The molecule has 2 aromatic carbocycles. The summed E-state index contributed by atoms with van der Waals surface area (Å²) in [6, 6.07) is 13.0. The molecule has 8 nitrogen and oxygen atoms in total. The first-order chi connectivity index (χ1) is 14.7. The molecule has 31 heavy (non-hydrogen) atoms. The van der Waals surface area contributed by atoms with E-state index >= 15 is 0 Å². The van der Waals surface area contributed by atoms with Crippen LogP contribution < -0.4 is 10.1 Å². The van der Waals surface area contributed by atoms with Gasteiger partial charge in [0, 0.05) is 37.1 Å². The maximum absolute atomic E-state index is 13.0. The van der Waals surface area contributed by atoms with E-state index in [1.807, 2.05) is 0 Å². The number of methoxy groups -OCH3 is 1. The van der Waals surface area contributed by atoms with Crippen molar-refractivity contribution < 1.29 is 22.7 Å². The summed E-state index contributed by atoms with van der Waals surface area (Å²) in [5, 5.41) is 2.95. The third kappa shape index (κ3) is 3.98. The maximum atomic E-state index is 13.0.